The first-order valence-electron chi connectivity index (χ1n) is 7.26. The second-order valence-corrected chi connectivity index (χ2v) is 6.54. The van der Waals surface area contributed by atoms with Gasteiger partial charge in [-0.15, -0.1) is 0 Å². The van der Waals surface area contributed by atoms with E-state index in [0.717, 1.165) is 54.9 Å². The molecule has 1 heterocycles. The monoisotopic (exact) mass is 338 g/mol. The number of hydrogen-bond donors (Lipinski definition) is 0. The highest BCUT2D eigenvalue weighted by Crippen LogP contribution is 2.33. The minimum absolute atomic E-state index is 0.315. The maximum atomic E-state index is 11.7. The lowest BCUT2D eigenvalue weighted by molar-refractivity contribution is -0.118. The Balaban J connectivity index is 1.74. The molecular weight excluding hydrogens is 320 g/mol. The van der Waals surface area contributed by atoms with Crippen molar-refractivity contribution in [2.75, 3.05) is 19.8 Å². The zero-order valence-electron chi connectivity index (χ0n) is 11.5. The number of Topliss-reactive ketones (excluding diaryl/α,β-unsaturated/α-hetero) is 1. The Morgan fingerprint density at radius 1 is 1.25 bits per heavy atom. The molecule has 108 valence electrons. The van der Waals surface area contributed by atoms with Gasteiger partial charge in [0, 0.05) is 36.1 Å². The lowest BCUT2D eigenvalue weighted by Gasteiger charge is -2.24. The van der Waals surface area contributed by atoms with E-state index in [1.165, 1.54) is 5.56 Å². The molecule has 0 atom stereocenters. The zero-order valence-corrected chi connectivity index (χ0v) is 13.1. The molecule has 1 aromatic rings. The summed E-state index contributed by atoms with van der Waals surface area (Å²) in [5, 5.41) is 0. The molecule has 0 amide bonds. The summed E-state index contributed by atoms with van der Waals surface area (Å²) in [7, 11) is 0. The smallest absolute Gasteiger partial charge is 0.137 e. The third-order valence-electron chi connectivity index (χ3n) is 4.13. The predicted molar refractivity (Wildman–Crippen MR) is 80.2 cm³/mol. The van der Waals surface area contributed by atoms with Crippen molar-refractivity contribution in [3.8, 4) is 5.75 Å². The van der Waals surface area contributed by atoms with Crippen molar-refractivity contribution in [2.24, 2.45) is 5.92 Å². The topological polar surface area (TPSA) is 35.5 Å². The summed E-state index contributed by atoms with van der Waals surface area (Å²) in [5.74, 6) is 1.77. The Labute approximate surface area is 127 Å². The second-order valence-electron chi connectivity index (χ2n) is 5.62. The molecule has 1 saturated heterocycles. The maximum absolute atomic E-state index is 11.7. The largest absolute Gasteiger partial charge is 0.493 e. The summed E-state index contributed by atoms with van der Waals surface area (Å²) < 4.78 is 12.4. The molecule has 0 saturated carbocycles. The van der Waals surface area contributed by atoms with Crippen molar-refractivity contribution in [1.82, 2.24) is 0 Å². The van der Waals surface area contributed by atoms with E-state index in [-0.39, 0.29) is 0 Å². The van der Waals surface area contributed by atoms with Crippen LogP contribution in [0.25, 0.3) is 0 Å². The molecule has 0 bridgehead atoms. The zero-order chi connectivity index (χ0) is 13.9. The number of benzene rings is 1. The Morgan fingerprint density at radius 2 is 2.05 bits per heavy atom. The normalized spacial score (nSPS) is 19.8. The van der Waals surface area contributed by atoms with Crippen LogP contribution in [0.4, 0.5) is 0 Å². The molecule has 2 aliphatic rings. The van der Waals surface area contributed by atoms with E-state index in [2.05, 4.69) is 22.0 Å². The molecule has 20 heavy (non-hydrogen) atoms. The first-order valence-corrected chi connectivity index (χ1v) is 8.05. The number of carbonyl (C=O) groups excluding carboxylic acids is 1. The number of halogens is 1. The van der Waals surface area contributed by atoms with Crippen molar-refractivity contribution in [3.63, 3.8) is 0 Å². The van der Waals surface area contributed by atoms with Crippen molar-refractivity contribution < 1.29 is 14.3 Å². The van der Waals surface area contributed by atoms with Crippen LogP contribution >= 0.6 is 15.9 Å². The lowest BCUT2D eigenvalue weighted by atomic mass is 9.90. The fourth-order valence-corrected chi connectivity index (χ4v) is 3.38. The molecule has 0 radical (unpaired) electrons. The van der Waals surface area contributed by atoms with E-state index >= 15 is 0 Å². The highest BCUT2D eigenvalue weighted by molar-refractivity contribution is 9.10. The van der Waals surface area contributed by atoms with E-state index in [9.17, 15) is 4.79 Å². The number of rotatable bonds is 3. The minimum Gasteiger partial charge on any atom is -0.493 e. The SMILES string of the molecule is O=C1CCc2cc(Br)cc(OCC3CCOCC3)c2C1. The van der Waals surface area contributed by atoms with E-state index in [0.29, 0.717) is 24.5 Å². The molecular formula is C16H19BrO3. The molecule has 0 aromatic heterocycles. The van der Waals surface area contributed by atoms with Crippen molar-refractivity contribution in [3.05, 3.63) is 27.7 Å². The van der Waals surface area contributed by atoms with Gasteiger partial charge >= 0.3 is 0 Å². The third-order valence-corrected chi connectivity index (χ3v) is 4.59. The summed E-state index contributed by atoms with van der Waals surface area (Å²) in [6.07, 6.45) is 4.14. The van der Waals surface area contributed by atoms with Gasteiger partial charge in [-0.2, -0.15) is 0 Å². The molecule has 3 rings (SSSR count). The van der Waals surface area contributed by atoms with Crippen LogP contribution in [0.5, 0.6) is 5.75 Å². The average molecular weight is 339 g/mol. The Hall–Kier alpha value is -0.870. The molecule has 4 heteroatoms. The number of fused-ring (bicyclic) bond motifs is 1. The average Bonchev–Trinajstić information content (AvgIpc) is 2.46. The van der Waals surface area contributed by atoms with Crippen LogP contribution in [0.15, 0.2) is 16.6 Å². The van der Waals surface area contributed by atoms with Gasteiger partial charge in [-0.05, 0) is 42.9 Å². The summed E-state index contributed by atoms with van der Waals surface area (Å²) in [6, 6.07) is 4.11. The van der Waals surface area contributed by atoms with Crippen LogP contribution in [0.3, 0.4) is 0 Å². The quantitative estimate of drug-likeness (QED) is 0.848. The standard InChI is InChI=1S/C16H19BrO3/c17-13-7-12-1-2-14(18)9-15(12)16(8-13)20-10-11-3-5-19-6-4-11/h7-8,11H,1-6,9-10H2. The number of carbonyl (C=O) groups is 1. The molecule has 1 aliphatic heterocycles. The van der Waals surface area contributed by atoms with E-state index < -0.39 is 0 Å². The van der Waals surface area contributed by atoms with Crippen molar-refractivity contribution in [1.29, 1.82) is 0 Å². The summed E-state index contributed by atoms with van der Waals surface area (Å²) in [5.41, 5.74) is 2.34. The number of aryl methyl sites for hydroxylation is 1. The van der Waals surface area contributed by atoms with Crippen LogP contribution in [0.2, 0.25) is 0 Å². The van der Waals surface area contributed by atoms with Gasteiger partial charge in [0.15, 0.2) is 0 Å². The first-order chi connectivity index (χ1) is 9.72. The fraction of sp³-hybridized carbons (Fsp3) is 0.562. The molecule has 0 spiro atoms. The first kappa shape index (κ1) is 14.1. The molecule has 1 aromatic carbocycles. The van der Waals surface area contributed by atoms with Gasteiger partial charge < -0.3 is 9.47 Å². The third kappa shape index (κ3) is 3.23. The summed E-state index contributed by atoms with van der Waals surface area (Å²) >= 11 is 3.54. The molecule has 1 fully saturated rings. The fourth-order valence-electron chi connectivity index (χ4n) is 2.90. The van der Waals surface area contributed by atoms with Crippen LogP contribution in [-0.2, 0) is 22.4 Å². The van der Waals surface area contributed by atoms with Gasteiger partial charge in [0.05, 0.1) is 6.61 Å². The number of ether oxygens (including phenoxy) is 2. The lowest BCUT2D eigenvalue weighted by Crippen LogP contribution is -2.22. The molecule has 1 aliphatic carbocycles. The minimum atomic E-state index is 0.315. The van der Waals surface area contributed by atoms with E-state index in [1.54, 1.807) is 0 Å². The second kappa shape index (κ2) is 6.27. The summed E-state index contributed by atoms with van der Waals surface area (Å²) in [4.78, 5) is 11.7. The van der Waals surface area contributed by atoms with Gasteiger partial charge in [0.25, 0.3) is 0 Å². The van der Waals surface area contributed by atoms with Gasteiger partial charge in [0.2, 0.25) is 0 Å². The van der Waals surface area contributed by atoms with E-state index in [4.69, 9.17) is 9.47 Å². The van der Waals surface area contributed by atoms with Crippen molar-refractivity contribution >= 4 is 21.7 Å². The van der Waals surface area contributed by atoms with Crippen LogP contribution in [0, 0.1) is 5.92 Å². The van der Waals surface area contributed by atoms with Crippen LogP contribution < -0.4 is 4.74 Å². The number of hydrogen-bond acceptors (Lipinski definition) is 3. The Kier molecular flexibility index (Phi) is 4.41. The number of ketones is 1. The highest BCUT2D eigenvalue weighted by Gasteiger charge is 2.21. The Bertz CT molecular complexity index is 507. The summed E-state index contributed by atoms with van der Waals surface area (Å²) in [6.45, 7) is 2.40. The van der Waals surface area contributed by atoms with Gasteiger partial charge in [0.1, 0.15) is 11.5 Å². The molecule has 0 unspecified atom stereocenters. The van der Waals surface area contributed by atoms with Gasteiger partial charge in [-0.25, -0.2) is 0 Å². The van der Waals surface area contributed by atoms with Gasteiger partial charge in [-0.3, -0.25) is 4.79 Å². The van der Waals surface area contributed by atoms with Crippen LogP contribution in [0.1, 0.15) is 30.4 Å². The predicted octanol–water partition coefficient (Wildman–Crippen LogP) is 3.31. The molecule has 0 N–H and O–H groups in total. The Morgan fingerprint density at radius 3 is 2.85 bits per heavy atom. The van der Waals surface area contributed by atoms with E-state index in [1.807, 2.05) is 6.07 Å². The molecule has 3 nitrogen and oxygen atoms in total. The van der Waals surface area contributed by atoms with Crippen molar-refractivity contribution in [2.45, 2.75) is 32.1 Å². The highest BCUT2D eigenvalue weighted by atomic mass is 79.9. The van der Waals surface area contributed by atoms with Gasteiger partial charge in [-0.1, -0.05) is 15.9 Å². The van der Waals surface area contributed by atoms with Crippen LogP contribution in [-0.4, -0.2) is 25.6 Å². The maximum Gasteiger partial charge on any atom is 0.137 e.